The van der Waals surface area contributed by atoms with E-state index in [1.54, 1.807) is 0 Å². The summed E-state index contributed by atoms with van der Waals surface area (Å²) in [5.41, 5.74) is 5.12. The van der Waals surface area contributed by atoms with Crippen molar-refractivity contribution < 1.29 is 19.2 Å². The maximum absolute atomic E-state index is 11.6. The van der Waals surface area contributed by atoms with Crippen molar-refractivity contribution in [1.29, 1.82) is 0 Å². The van der Waals surface area contributed by atoms with E-state index in [4.69, 9.17) is 15.3 Å². The quantitative estimate of drug-likeness (QED) is 0.590. The molecule has 0 spiro atoms. The number of carbonyl (C=O) groups is 1. The topological polar surface area (TPSA) is 142 Å². The minimum absolute atomic E-state index is 0.0250. The minimum Gasteiger partial charge on any atom is -0.480 e. The number of nitro groups is 1. The second-order valence-electron chi connectivity index (χ2n) is 3.74. The van der Waals surface area contributed by atoms with Gasteiger partial charge in [0.05, 0.1) is 10.4 Å². The Morgan fingerprint density at radius 3 is 2.79 bits per heavy atom. The van der Waals surface area contributed by atoms with Crippen LogP contribution in [0.5, 0.6) is 0 Å². The molecule has 0 aliphatic heterocycles. The Morgan fingerprint density at radius 2 is 2.26 bits per heavy atom. The van der Waals surface area contributed by atoms with Crippen LogP contribution >= 0.6 is 0 Å². The van der Waals surface area contributed by atoms with Crippen LogP contribution in [0.2, 0.25) is 0 Å². The van der Waals surface area contributed by atoms with E-state index < -0.39 is 22.7 Å². The van der Waals surface area contributed by atoms with Crippen LogP contribution in [0, 0.1) is 10.1 Å². The average molecular weight is 267 g/mol. The van der Waals surface area contributed by atoms with Crippen molar-refractivity contribution in [2.75, 3.05) is 6.54 Å². The fourth-order valence-electron chi connectivity index (χ4n) is 1.75. The van der Waals surface area contributed by atoms with Crippen LogP contribution in [-0.2, 0) is 4.79 Å². The summed E-state index contributed by atoms with van der Waals surface area (Å²) in [7, 11) is 0. The monoisotopic (exact) mass is 267 g/mol. The number of nitrogens with zero attached hydrogens (tertiary/aromatic N) is 2. The van der Waals surface area contributed by atoms with Crippen LogP contribution in [0.15, 0.2) is 27.4 Å². The lowest BCUT2D eigenvalue weighted by atomic mass is 10.2. The van der Waals surface area contributed by atoms with Gasteiger partial charge in [0.15, 0.2) is 5.58 Å². The number of hydrogen-bond donors (Lipinski definition) is 2. The fraction of sp³-hybridized carbons (Fsp3) is 0.200. The molecule has 0 amide bonds. The molecule has 0 saturated heterocycles. The number of aromatic nitrogens is 1. The number of benzene rings is 1. The second kappa shape index (κ2) is 4.53. The predicted octanol–water partition coefficient (Wildman–Crippen LogP) is 0.0871. The number of aliphatic carboxylic acids is 1. The molecule has 9 heteroatoms. The van der Waals surface area contributed by atoms with Gasteiger partial charge in [-0.15, -0.1) is 0 Å². The molecule has 0 saturated carbocycles. The van der Waals surface area contributed by atoms with Crippen molar-refractivity contribution in [2.45, 2.75) is 6.04 Å². The Morgan fingerprint density at radius 1 is 1.58 bits per heavy atom. The van der Waals surface area contributed by atoms with Gasteiger partial charge < -0.3 is 15.3 Å². The summed E-state index contributed by atoms with van der Waals surface area (Å²) in [5.74, 6) is -2.24. The molecule has 0 radical (unpaired) electrons. The molecule has 1 aromatic carbocycles. The van der Waals surface area contributed by atoms with Crippen LogP contribution in [0.25, 0.3) is 11.1 Å². The van der Waals surface area contributed by atoms with Crippen LogP contribution in [0.1, 0.15) is 6.04 Å². The Hall–Kier alpha value is -2.68. The average Bonchev–Trinajstić information content (AvgIpc) is 2.66. The first-order chi connectivity index (χ1) is 8.95. The highest BCUT2D eigenvalue weighted by Gasteiger charge is 2.25. The Labute approximate surface area is 105 Å². The summed E-state index contributed by atoms with van der Waals surface area (Å²) < 4.78 is 5.63. The lowest BCUT2D eigenvalue weighted by Crippen LogP contribution is -2.32. The van der Waals surface area contributed by atoms with Gasteiger partial charge in [0.25, 0.3) is 5.69 Å². The molecule has 1 unspecified atom stereocenters. The number of carboxylic acids is 1. The van der Waals surface area contributed by atoms with Gasteiger partial charge in [-0.1, -0.05) is 0 Å². The van der Waals surface area contributed by atoms with E-state index in [0.29, 0.717) is 0 Å². The minimum atomic E-state index is -1.34. The SMILES string of the molecule is NCC(C(=O)O)n1c(=O)oc2ccc([N+](=O)[O-])cc21. The van der Waals surface area contributed by atoms with Gasteiger partial charge in [-0.05, 0) is 6.07 Å². The summed E-state index contributed by atoms with van der Waals surface area (Å²) in [5, 5.41) is 19.7. The third-order valence-electron chi connectivity index (χ3n) is 2.63. The number of nitrogens with two attached hydrogens (primary N) is 1. The molecule has 3 N–H and O–H groups in total. The Balaban J connectivity index is 2.75. The molecule has 0 aliphatic rings. The number of oxazole rings is 1. The van der Waals surface area contributed by atoms with Gasteiger partial charge in [-0.3, -0.25) is 14.7 Å². The van der Waals surface area contributed by atoms with E-state index in [1.165, 1.54) is 6.07 Å². The largest absolute Gasteiger partial charge is 0.480 e. The lowest BCUT2D eigenvalue weighted by Gasteiger charge is -2.09. The number of nitro benzene ring substituents is 1. The molecular formula is C10H9N3O6. The van der Waals surface area contributed by atoms with Crippen molar-refractivity contribution in [3.63, 3.8) is 0 Å². The summed E-state index contributed by atoms with van der Waals surface area (Å²) in [4.78, 5) is 32.7. The molecule has 100 valence electrons. The molecule has 0 fully saturated rings. The van der Waals surface area contributed by atoms with Crippen molar-refractivity contribution >= 4 is 22.8 Å². The molecule has 2 aromatic rings. The van der Waals surface area contributed by atoms with Gasteiger partial charge in [0, 0.05) is 18.7 Å². The Bertz CT molecular complexity index is 716. The van der Waals surface area contributed by atoms with Gasteiger partial charge in [-0.2, -0.15) is 0 Å². The van der Waals surface area contributed by atoms with E-state index in [2.05, 4.69) is 0 Å². The van der Waals surface area contributed by atoms with E-state index in [0.717, 1.165) is 16.7 Å². The zero-order valence-electron chi connectivity index (χ0n) is 9.48. The van der Waals surface area contributed by atoms with Gasteiger partial charge in [0.2, 0.25) is 0 Å². The molecule has 9 nitrogen and oxygen atoms in total. The first-order valence-electron chi connectivity index (χ1n) is 5.18. The first-order valence-corrected chi connectivity index (χ1v) is 5.18. The fourth-order valence-corrected chi connectivity index (χ4v) is 1.75. The highest BCUT2D eigenvalue weighted by atomic mass is 16.6. The molecule has 19 heavy (non-hydrogen) atoms. The number of non-ortho nitro benzene ring substituents is 1. The molecule has 0 bridgehead atoms. The normalized spacial score (nSPS) is 12.5. The smallest absolute Gasteiger partial charge is 0.420 e. The van der Waals surface area contributed by atoms with Crippen molar-refractivity contribution in [3.8, 4) is 0 Å². The van der Waals surface area contributed by atoms with Crippen LogP contribution in [0.3, 0.4) is 0 Å². The third-order valence-corrected chi connectivity index (χ3v) is 2.63. The highest BCUT2D eigenvalue weighted by molar-refractivity contribution is 5.80. The van der Waals surface area contributed by atoms with Crippen LogP contribution in [0.4, 0.5) is 5.69 Å². The Kier molecular flexibility index (Phi) is 3.05. The van der Waals surface area contributed by atoms with E-state index in [9.17, 15) is 19.7 Å². The van der Waals surface area contributed by atoms with E-state index >= 15 is 0 Å². The summed E-state index contributed by atoms with van der Waals surface area (Å²) in [6.45, 7) is -0.341. The zero-order valence-corrected chi connectivity index (χ0v) is 9.48. The van der Waals surface area contributed by atoms with Crippen molar-refractivity contribution in [2.24, 2.45) is 5.73 Å². The van der Waals surface area contributed by atoms with Gasteiger partial charge >= 0.3 is 11.7 Å². The third kappa shape index (κ3) is 2.06. The second-order valence-corrected chi connectivity index (χ2v) is 3.74. The highest BCUT2D eigenvalue weighted by Crippen LogP contribution is 2.22. The van der Waals surface area contributed by atoms with Crippen LogP contribution in [-0.4, -0.2) is 27.1 Å². The molecule has 1 heterocycles. The zero-order chi connectivity index (χ0) is 14.2. The number of fused-ring (bicyclic) bond motifs is 1. The molecule has 2 rings (SSSR count). The molecule has 1 atom stereocenters. The number of carboxylic acid groups (broad SMARTS) is 1. The predicted molar refractivity (Wildman–Crippen MR) is 62.9 cm³/mol. The van der Waals surface area contributed by atoms with E-state index in [1.807, 2.05) is 0 Å². The number of hydrogen-bond acceptors (Lipinski definition) is 6. The first kappa shape index (κ1) is 12.8. The number of rotatable bonds is 4. The summed E-state index contributed by atoms with van der Waals surface area (Å²) in [6.07, 6.45) is 0. The van der Waals surface area contributed by atoms with Crippen molar-refractivity contribution in [3.05, 3.63) is 38.9 Å². The van der Waals surface area contributed by atoms with E-state index in [-0.39, 0.29) is 23.3 Å². The summed E-state index contributed by atoms with van der Waals surface area (Å²) >= 11 is 0. The lowest BCUT2D eigenvalue weighted by molar-refractivity contribution is -0.384. The molecule has 1 aromatic heterocycles. The molecule has 0 aliphatic carbocycles. The summed E-state index contributed by atoms with van der Waals surface area (Å²) in [6, 6.07) is 2.14. The van der Waals surface area contributed by atoms with Crippen LogP contribution < -0.4 is 11.5 Å². The maximum Gasteiger partial charge on any atom is 0.420 e. The standard InChI is InChI=1S/C10H9N3O6/c11-4-7(9(14)15)12-6-3-5(13(17)18)1-2-8(6)19-10(12)16/h1-3,7H,4,11H2,(H,14,15). The van der Waals surface area contributed by atoms with Gasteiger partial charge in [0.1, 0.15) is 6.04 Å². The maximum atomic E-state index is 11.6. The van der Waals surface area contributed by atoms with Gasteiger partial charge in [-0.25, -0.2) is 9.59 Å². The molecular weight excluding hydrogens is 258 g/mol. The van der Waals surface area contributed by atoms with Crippen molar-refractivity contribution in [1.82, 2.24) is 4.57 Å².